The molecule has 94 valence electrons. The van der Waals surface area contributed by atoms with Crippen molar-refractivity contribution in [3.8, 4) is 11.5 Å². The molecule has 3 nitrogen and oxygen atoms in total. The van der Waals surface area contributed by atoms with Gasteiger partial charge in [-0.25, -0.2) is 0 Å². The standard InChI is InChI=1S/C15H11ClN2O/c16-12-9-10(17)6-7-15(12)19-14-5-1-4-13-11(14)3-2-8-18-13/h1-9H,17H2. The van der Waals surface area contributed by atoms with Gasteiger partial charge in [-0.2, -0.15) is 0 Å². The first-order chi connectivity index (χ1) is 9.24. The fourth-order valence-electron chi connectivity index (χ4n) is 1.88. The Kier molecular flexibility index (Phi) is 2.97. The zero-order chi connectivity index (χ0) is 13.2. The van der Waals surface area contributed by atoms with Crippen LogP contribution in [0, 0.1) is 0 Å². The van der Waals surface area contributed by atoms with E-state index in [1.807, 2.05) is 30.3 Å². The normalized spacial score (nSPS) is 10.6. The molecule has 0 spiro atoms. The Morgan fingerprint density at radius 3 is 2.74 bits per heavy atom. The zero-order valence-corrected chi connectivity index (χ0v) is 10.8. The number of anilines is 1. The van der Waals surface area contributed by atoms with Crippen molar-refractivity contribution in [3.63, 3.8) is 0 Å². The number of pyridine rings is 1. The second-order valence-corrected chi connectivity index (χ2v) is 4.53. The lowest BCUT2D eigenvalue weighted by Crippen LogP contribution is -1.90. The molecule has 0 fully saturated rings. The molecule has 2 N–H and O–H groups in total. The number of benzene rings is 2. The highest BCUT2D eigenvalue weighted by Gasteiger charge is 2.07. The van der Waals surface area contributed by atoms with Gasteiger partial charge in [-0.15, -0.1) is 0 Å². The van der Waals surface area contributed by atoms with Crippen LogP contribution in [0.4, 0.5) is 5.69 Å². The molecule has 0 saturated heterocycles. The van der Waals surface area contributed by atoms with Crippen LogP contribution in [0.25, 0.3) is 10.9 Å². The molecule has 2 aromatic carbocycles. The Bertz CT molecular complexity index is 738. The summed E-state index contributed by atoms with van der Waals surface area (Å²) in [5.74, 6) is 1.30. The summed E-state index contributed by atoms with van der Waals surface area (Å²) in [5, 5.41) is 1.43. The van der Waals surface area contributed by atoms with Crippen molar-refractivity contribution in [3.05, 3.63) is 59.8 Å². The number of nitrogen functional groups attached to an aromatic ring is 1. The van der Waals surface area contributed by atoms with Crippen LogP contribution in [-0.2, 0) is 0 Å². The van der Waals surface area contributed by atoms with Crippen LogP contribution in [0.15, 0.2) is 54.7 Å². The third kappa shape index (κ3) is 2.33. The third-order valence-corrected chi connectivity index (χ3v) is 3.08. The van der Waals surface area contributed by atoms with Crippen molar-refractivity contribution in [2.75, 3.05) is 5.73 Å². The Morgan fingerprint density at radius 2 is 1.89 bits per heavy atom. The zero-order valence-electron chi connectivity index (χ0n) is 10.0. The van der Waals surface area contributed by atoms with Gasteiger partial charge in [-0.1, -0.05) is 17.7 Å². The van der Waals surface area contributed by atoms with E-state index in [9.17, 15) is 0 Å². The van der Waals surface area contributed by atoms with Crippen molar-refractivity contribution in [1.29, 1.82) is 0 Å². The molecule has 1 heterocycles. The largest absolute Gasteiger partial charge is 0.455 e. The van der Waals surface area contributed by atoms with E-state index < -0.39 is 0 Å². The molecule has 4 heteroatoms. The smallest absolute Gasteiger partial charge is 0.146 e. The molecule has 19 heavy (non-hydrogen) atoms. The second kappa shape index (κ2) is 4.78. The summed E-state index contributed by atoms with van der Waals surface area (Å²) in [6.45, 7) is 0. The predicted molar refractivity (Wildman–Crippen MR) is 77.7 cm³/mol. The van der Waals surface area contributed by atoms with Gasteiger partial charge in [0.15, 0.2) is 0 Å². The molecule has 3 aromatic rings. The van der Waals surface area contributed by atoms with Crippen LogP contribution >= 0.6 is 11.6 Å². The lowest BCUT2D eigenvalue weighted by molar-refractivity contribution is 0.488. The number of aromatic nitrogens is 1. The maximum atomic E-state index is 6.11. The molecule has 0 saturated carbocycles. The van der Waals surface area contributed by atoms with Crippen molar-refractivity contribution in [2.45, 2.75) is 0 Å². The van der Waals surface area contributed by atoms with Gasteiger partial charge in [-0.3, -0.25) is 4.98 Å². The van der Waals surface area contributed by atoms with Crippen LogP contribution in [0.5, 0.6) is 11.5 Å². The van der Waals surface area contributed by atoms with E-state index in [0.717, 1.165) is 16.7 Å². The van der Waals surface area contributed by atoms with Crippen LogP contribution in [0.1, 0.15) is 0 Å². The fourth-order valence-corrected chi connectivity index (χ4v) is 2.11. The van der Waals surface area contributed by atoms with Gasteiger partial charge in [0.25, 0.3) is 0 Å². The van der Waals surface area contributed by atoms with Gasteiger partial charge >= 0.3 is 0 Å². The number of ether oxygens (including phenoxy) is 1. The van der Waals surface area contributed by atoms with Gasteiger partial charge in [-0.05, 0) is 42.5 Å². The summed E-state index contributed by atoms with van der Waals surface area (Å²) < 4.78 is 5.85. The number of rotatable bonds is 2. The van der Waals surface area contributed by atoms with Gasteiger partial charge in [0.1, 0.15) is 11.5 Å². The molecule has 0 amide bonds. The van der Waals surface area contributed by atoms with Gasteiger partial charge in [0, 0.05) is 17.3 Å². The highest BCUT2D eigenvalue weighted by molar-refractivity contribution is 6.32. The quantitative estimate of drug-likeness (QED) is 0.708. The second-order valence-electron chi connectivity index (χ2n) is 4.12. The molecule has 3 rings (SSSR count). The summed E-state index contributed by atoms with van der Waals surface area (Å²) in [7, 11) is 0. The molecular formula is C15H11ClN2O. The molecule has 1 aromatic heterocycles. The van der Waals surface area contributed by atoms with Gasteiger partial charge in [0.2, 0.25) is 0 Å². The maximum Gasteiger partial charge on any atom is 0.146 e. The molecule has 0 bridgehead atoms. The third-order valence-electron chi connectivity index (χ3n) is 2.78. The number of halogens is 1. The average molecular weight is 271 g/mol. The molecule has 0 atom stereocenters. The Morgan fingerprint density at radius 1 is 1.00 bits per heavy atom. The monoisotopic (exact) mass is 270 g/mol. The SMILES string of the molecule is Nc1ccc(Oc2cccc3ncccc23)c(Cl)c1. The molecule has 0 aliphatic carbocycles. The lowest BCUT2D eigenvalue weighted by Gasteiger charge is -2.10. The molecular weight excluding hydrogens is 260 g/mol. The lowest BCUT2D eigenvalue weighted by atomic mass is 10.2. The van der Waals surface area contributed by atoms with E-state index in [1.54, 1.807) is 24.4 Å². The molecule has 0 aliphatic rings. The summed E-state index contributed by atoms with van der Waals surface area (Å²) in [5.41, 5.74) is 7.15. The average Bonchev–Trinajstić information content (AvgIpc) is 2.42. The molecule has 0 unspecified atom stereocenters. The first-order valence-electron chi connectivity index (χ1n) is 5.81. The Labute approximate surface area is 115 Å². The van der Waals surface area contributed by atoms with Crippen molar-refractivity contribution in [2.24, 2.45) is 0 Å². The summed E-state index contributed by atoms with van der Waals surface area (Å²) in [6.07, 6.45) is 1.75. The first kappa shape index (κ1) is 11.8. The highest BCUT2D eigenvalue weighted by Crippen LogP contribution is 2.33. The predicted octanol–water partition coefficient (Wildman–Crippen LogP) is 4.26. The Hall–Kier alpha value is -2.26. The minimum absolute atomic E-state index is 0.487. The van der Waals surface area contributed by atoms with Crippen LogP contribution in [0.2, 0.25) is 5.02 Å². The minimum atomic E-state index is 0.487. The summed E-state index contributed by atoms with van der Waals surface area (Å²) in [4.78, 5) is 4.29. The number of nitrogens with zero attached hydrogens (tertiary/aromatic N) is 1. The maximum absolute atomic E-state index is 6.11. The number of nitrogens with two attached hydrogens (primary N) is 1. The van der Waals surface area contributed by atoms with E-state index in [-0.39, 0.29) is 0 Å². The number of hydrogen-bond donors (Lipinski definition) is 1. The van der Waals surface area contributed by atoms with E-state index in [1.165, 1.54) is 0 Å². The number of hydrogen-bond acceptors (Lipinski definition) is 3. The summed E-state index contributed by atoms with van der Waals surface area (Å²) in [6, 6.07) is 14.7. The van der Waals surface area contributed by atoms with E-state index in [0.29, 0.717) is 16.5 Å². The Balaban J connectivity index is 2.06. The van der Waals surface area contributed by atoms with Crippen molar-refractivity contribution < 1.29 is 4.74 Å². The van der Waals surface area contributed by atoms with Crippen LogP contribution in [0.3, 0.4) is 0 Å². The van der Waals surface area contributed by atoms with E-state index >= 15 is 0 Å². The van der Waals surface area contributed by atoms with Crippen molar-refractivity contribution in [1.82, 2.24) is 4.98 Å². The van der Waals surface area contributed by atoms with Crippen molar-refractivity contribution >= 4 is 28.2 Å². The van der Waals surface area contributed by atoms with Crippen LogP contribution < -0.4 is 10.5 Å². The number of fused-ring (bicyclic) bond motifs is 1. The first-order valence-corrected chi connectivity index (χ1v) is 6.18. The van der Waals surface area contributed by atoms with E-state index in [4.69, 9.17) is 22.1 Å². The van der Waals surface area contributed by atoms with Gasteiger partial charge < -0.3 is 10.5 Å². The topological polar surface area (TPSA) is 48.1 Å². The minimum Gasteiger partial charge on any atom is -0.455 e. The summed E-state index contributed by atoms with van der Waals surface area (Å²) >= 11 is 6.11. The molecule has 0 radical (unpaired) electrons. The fraction of sp³-hybridized carbons (Fsp3) is 0. The van der Waals surface area contributed by atoms with E-state index in [2.05, 4.69) is 4.98 Å². The van der Waals surface area contributed by atoms with Crippen LogP contribution in [-0.4, -0.2) is 4.98 Å². The highest BCUT2D eigenvalue weighted by atomic mass is 35.5. The van der Waals surface area contributed by atoms with Gasteiger partial charge in [0.05, 0.1) is 10.5 Å². The molecule has 0 aliphatic heterocycles.